The highest BCUT2D eigenvalue weighted by atomic mass is 16.6. The second-order valence-corrected chi connectivity index (χ2v) is 2.98. The van der Waals surface area contributed by atoms with E-state index in [0.29, 0.717) is 11.3 Å². The topological polar surface area (TPSA) is 67.8 Å². The van der Waals surface area contributed by atoms with E-state index < -0.39 is 5.97 Å². The first-order chi connectivity index (χ1) is 7.61. The van der Waals surface area contributed by atoms with Crippen molar-refractivity contribution in [2.24, 2.45) is 0 Å². The fourth-order valence-corrected chi connectivity index (χ4v) is 1.29. The number of hydroxylamine groups is 1. The minimum Gasteiger partial charge on any atom is -0.507 e. The molecule has 0 aliphatic carbocycles. The Bertz CT molecular complexity index is 414. The van der Waals surface area contributed by atoms with Gasteiger partial charge in [-0.15, -0.1) is 0 Å². The lowest BCUT2D eigenvalue weighted by atomic mass is 10.0. The van der Waals surface area contributed by atoms with Crippen molar-refractivity contribution in [3.05, 3.63) is 35.9 Å². The van der Waals surface area contributed by atoms with Gasteiger partial charge in [0.2, 0.25) is 0 Å². The number of ether oxygens (including phenoxy) is 1. The van der Waals surface area contributed by atoms with Crippen LogP contribution >= 0.6 is 0 Å². The van der Waals surface area contributed by atoms with E-state index in [-0.39, 0.29) is 11.3 Å². The van der Waals surface area contributed by atoms with E-state index in [0.717, 1.165) is 0 Å². The number of hydrogen-bond acceptors (Lipinski definition) is 5. The highest BCUT2D eigenvalue weighted by Crippen LogP contribution is 2.25. The summed E-state index contributed by atoms with van der Waals surface area (Å²) in [5.74, 6) is -0.796. The van der Waals surface area contributed by atoms with Gasteiger partial charge in [0.25, 0.3) is 0 Å². The minimum absolute atomic E-state index is 0.0551. The van der Waals surface area contributed by atoms with Gasteiger partial charge in [-0.1, -0.05) is 18.7 Å². The molecule has 0 unspecified atom stereocenters. The number of benzene rings is 1. The molecule has 5 heteroatoms. The van der Waals surface area contributed by atoms with Gasteiger partial charge in [0.15, 0.2) is 0 Å². The molecule has 0 saturated carbocycles. The zero-order valence-electron chi connectivity index (χ0n) is 9.11. The summed E-state index contributed by atoms with van der Waals surface area (Å²) in [7, 11) is 2.66. The molecule has 86 valence electrons. The Morgan fingerprint density at radius 2 is 2.12 bits per heavy atom. The first-order valence-electron chi connectivity index (χ1n) is 4.50. The van der Waals surface area contributed by atoms with Crippen molar-refractivity contribution < 1.29 is 19.5 Å². The van der Waals surface area contributed by atoms with Crippen molar-refractivity contribution in [1.82, 2.24) is 5.48 Å². The average Bonchev–Trinajstić information content (AvgIpc) is 2.28. The van der Waals surface area contributed by atoms with Gasteiger partial charge >= 0.3 is 5.97 Å². The van der Waals surface area contributed by atoms with Crippen LogP contribution in [-0.4, -0.2) is 25.3 Å². The normalized spacial score (nSPS) is 9.62. The van der Waals surface area contributed by atoms with Crippen LogP contribution in [-0.2, 0) is 9.57 Å². The quantitative estimate of drug-likeness (QED) is 0.595. The Balaban J connectivity index is 3.22. The summed E-state index contributed by atoms with van der Waals surface area (Å²) >= 11 is 0. The first kappa shape index (κ1) is 12.1. The molecule has 0 aliphatic heterocycles. The molecular formula is C11H13NO4. The summed E-state index contributed by atoms with van der Waals surface area (Å²) in [4.78, 5) is 16.2. The number of methoxy groups -OCH3 is 1. The Morgan fingerprint density at radius 3 is 2.69 bits per heavy atom. The van der Waals surface area contributed by atoms with Crippen LogP contribution in [0.4, 0.5) is 0 Å². The zero-order chi connectivity index (χ0) is 12.1. The Hall–Kier alpha value is -2.01. The summed E-state index contributed by atoms with van der Waals surface area (Å²) < 4.78 is 4.58. The molecule has 1 aromatic carbocycles. The van der Waals surface area contributed by atoms with Crippen LogP contribution in [0.3, 0.4) is 0 Å². The van der Waals surface area contributed by atoms with E-state index in [4.69, 9.17) is 0 Å². The largest absolute Gasteiger partial charge is 0.507 e. The van der Waals surface area contributed by atoms with Gasteiger partial charge in [-0.2, -0.15) is 0 Å². The van der Waals surface area contributed by atoms with E-state index >= 15 is 0 Å². The smallest absolute Gasteiger partial charge is 0.342 e. The Kier molecular flexibility index (Phi) is 3.90. The maximum absolute atomic E-state index is 11.5. The van der Waals surface area contributed by atoms with Crippen molar-refractivity contribution in [2.45, 2.75) is 0 Å². The van der Waals surface area contributed by atoms with Gasteiger partial charge in [-0.3, -0.25) is 10.3 Å². The fraction of sp³-hybridized carbons (Fsp3) is 0.182. The van der Waals surface area contributed by atoms with E-state index in [2.05, 4.69) is 21.6 Å². The van der Waals surface area contributed by atoms with E-state index in [1.165, 1.54) is 20.3 Å². The molecule has 16 heavy (non-hydrogen) atoms. The molecule has 2 N–H and O–H groups in total. The molecule has 0 radical (unpaired) electrons. The third-order valence-corrected chi connectivity index (χ3v) is 1.98. The molecule has 0 heterocycles. The zero-order valence-corrected chi connectivity index (χ0v) is 9.11. The van der Waals surface area contributed by atoms with Gasteiger partial charge in [0.1, 0.15) is 11.3 Å². The number of aromatic hydroxyl groups is 1. The van der Waals surface area contributed by atoms with Gasteiger partial charge in [0, 0.05) is 5.56 Å². The van der Waals surface area contributed by atoms with Gasteiger partial charge in [-0.25, -0.2) is 4.79 Å². The number of carbonyl (C=O) groups excluding carboxylic acids is 1. The second kappa shape index (κ2) is 5.18. The van der Waals surface area contributed by atoms with Crippen LogP contribution in [0.25, 0.3) is 5.70 Å². The number of nitrogens with one attached hydrogen (secondary N) is 1. The summed E-state index contributed by atoms with van der Waals surface area (Å²) in [5.41, 5.74) is 3.33. The number of carbonyl (C=O) groups is 1. The van der Waals surface area contributed by atoms with Gasteiger partial charge in [0.05, 0.1) is 19.9 Å². The molecule has 0 saturated heterocycles. The molecule has 0 bridgehead atoms. The SMILES string of the molecule is C=C(NOC)c1cccc(O)c1C(=O)OC. The summed E-state index contributed by atoms with van der Waals surface area (Å²) in [6.45, 7) is 3.68. The third-order valence-electron chi connectivity index (χ3n) is 1.98. The van der Waals surface area contributed by atoms with Gasteiger partial charge < -0.3 is 9.84 Å². The minimum atomic E-state index is -0.632. The summed E-state index contributed by atoms with van der Waals surface area (Å²) in [5, 5.41) is 9.60. The van der Waals surface area contributed by atoms with Gasteiger partial charge in [-0.05, 0) is 6.07 Å². The van der Waals surface area contributed by atoms with Crippen molar-refractivity contribution in [1.29, 1.82) is 0 Å². The standard InChI is InChI=1S/C11H13NO4/c1-7(12-16-3)8-5-4-6-9(13)10(8)11(14)15-2/h4-6,12-13H,1H2,2-3H3. The maximum atomic E-state index is 11.5. The molecule has 5 nitrogen and oxygen atoms in total. The number of phenolic OH excluding ortho intramolecular Hbond substituents is 1. The number of hydrogen-bond donors (Lipinski definition) is 2. The van der Waals surface area contributed by atoms with Crippen LogP contribution in [0.1, 0.15) is 15.9 Å². The van der Waals surface area contributed by atoms with E-state index in [9.17, 15) is 9.90 Å². The van der Waals surface area contributed by atoms with Crippen LogP contribution in [0.5, 0.6) is 5.75 Å². The van der Waals surface area contributed by atoms with E-state index in [1.807, 2.05) is 0 Å². The van der Waals surface area contributed by atoms with E-state index in [1.54, 1.807) is 12.1 Å². The lowest BCUT2D eigenvalue weighted by molar-refractivity contribution is 0.0596. The van der Waals surface area contributed by atoms with Crippen LogP contribution in [0, 0.1) is 0 Å². The third kappa shape index (κ3) is 2.32. The summed E-state index contributed by atoms with van der Waals surface area (Å²) in [6, 6.07) is 4.62. The lowest BCUT2D eigenvalue weighted by Crippen LogP contribution is -2.13. The van der Waals surface area contributed by atoms with Crippen molar-refractivity contribution in [3.8, 4) is 5.75 Å². The highest BCUT2D eigenvalue weighted by Gasteiger charge is 2.18. The molecule has 0 spiro atoms. The van der Waals surface area contributed by atoms with Crippen LogP contribution < -0.4 is 5.48 Å². The molecule has 0 atom stereocenters. The number of esters is 1. The average molecular weight is 223 g/mol. The molecular weight excluding hydrogens is 210 g/mol. The molecule has 0 fully saturated rings. The molecule has 0 aromatic heterocycles. The highest BCUT2D eigenvalue weighted by molar-refractivity contribution is 5.97. The monoisotopic (exact) mass is 223 g/mol. The van der Waals surface area contributed by atoms with Crippen molar-refractivity contribution >= 4 is 11.7 Å². The van der Waals surface area contributed by atoms with Crippen molar-refractivity contribution in [3.63, 3.8) is 0 Å². The molecule has 0 amide bonds. The summed E-state index contributed by atoms with van der Waals surface area (Å²) in [6.07, 6.45) is 0. The predicted octanol–water partition coefficient (Wildman–Crippen LogP) is 1.30. The molecule has 0 aliphatic rings. The number of rotatable bonds is 4. The fourth-order valence-electron chi connectivity index (χ4n) is 1.29. The second-order valence-electron chi connectivity index (χ2n) is 2.98. The lowest BCUT2D eigenvalue weighted by Gasteiger charge is -2.12. The number of phenols is 1. The molecule has 1 rings (SSSR count). The first-order valence-corrected chi connectivity index (χ1v) is 4.50. The molecule has 1 aromatic rings. The Morgan fingerprint density at radius 1 is 1.44 bits per heavy atom. The van der Waals surface area contributed by atoms with Crippen LogP contribution in [0.2, 0.25) is 0 Å². The van der Waals surface area contributed by atoms with Crippen molar-refractivity contribution in [2.75, 3.05) is 14.2 Å². The predicted molar refractivity (Wildman–Crippen MR) is 58.6 cm³/mol. The maximum Gasteiger partial charge on any atom is 0.342 e. The Labute approximate surface area is 93.3 Å². The van der Waals surface area contributed by atoms with Crippen LogP contribution in [0.15, 0.2) is 24.8 Å².